The van der Waals surface area contributed by atoms with E-state index in [1.165, 1.54) is 22.3 Å². The number of nitrogens with zero attached hydrogens (tertiary/aromatic N) is 5. The quantitative estimate of drug-likeness (QED) is 0.329. The number of alkyl halides is 5. The van der Waals surface area contributed by atoms with Crippen LogP contribution in [0.1, 0.15) is 85.5 Å². The number of aliphatic hydroxyl groups excluding tert-OH is 1. The molecule has 3 aromatic heterocycles. The Labute approximate surface area is 244 Å². The van der Waals surface area contributed by atoms with Crippen LogP contribution < -0.4 is 10.6 Å². The number of aliphatic hydroxyl groups is 1. The van der Waals surface area contributed by atoms with Crippen LogP contribution in [-0.2, 0) is 17.8 Å². The van der Waals surface area contributed by atoms with Crippen molar-refractivity contribution in [3.63, 3.8) is 0 Å². The highest BCUT2D eigenvalue weighted by molar-refractivity contribution is 5.92. The van der Waals surface area contributed by atoms with E-state index in [1.807, 2.05) is 6.92 Å². The van der Waals surface area contributed by atoms with Crippen molar-refractivity contribution in [1.82, 2.24) is 35.0 Å². The standard InChI is InChI=1S/C28H34F5N7O3/c1-3-39-22(6-9-35-39)26(43)37-24(16-4-7-27(29,30)8-5-16)21-14-40-23(36-21)12-19(15(2)41)20(38-40)11-17-10-18(28(31,32)33)13-34-25(17)42/h6,9,12,14-18,24,41H,3-5,7-8,10-11,13H2,1-2H3,(H,34,42)(H,37,43)/t15?,17?,18-,24?/m1/s1. The Morgan fingerprint density at radius 1 is 1.28 bits per heavy atom. The zero-order valence-corrected chi connectivity index (χ0v) is 23.7. The lowest BCUT2D eigenvalue weighted by Crippen LogP contribution is -2.47. The first-order valence-electron chi connectivity index (χ1n) is 14.4. The number of hydrogen-bond acceptors (Lipinski definition) is 6. The summed E-state index contributed by atoms with van der Waals surface area (Å²) in [4.78, 5) is 30.4. The van der Waals surface area contributed by atoms with Crippen LogP contribution in [0.4, 0.5) is 22.0 Å². The summed E-state index contributed by atoms with van der Waals surface area (Å²) >= 11 is 0. The number of rotatable bonds is 8. The van der Waals surface area contributed by atoms with Gasteiger partial charge in [-0.3, -0.25) is 14.3 Å². The maximum Gasteiger partial charge on any atom is 0.393 e. The number of aromatic nitrogens is 5. The molecule has 1 saturated carbocycles. The van der Waals surface area contributed by atoms with Gasteiger partial charge in [0, 0.05) is 50.0 Å². The highest BCUT2D eigenvalue weighted by Crippen LogP contribution is 2.41. The largest absolute Gasteiger partial charge is 0.393 e. The van der Waals surface area contributed by atoms with Crippen molar-refractivity contribution < 1.29 is 36.6 Å². The highest BCUT2D eigenvalue weighted by Gasteiger charge is 2.45. The summed E-state index contributed by atoms with van der Waals surface area (Å²) in [5.41, 5.74) is 1.49. The van der Waals surface area contributed by atoms with Crippen LogP contribution in [-0.4, -0.2) is 59.9 Å². The second-order valence-electron chi connectivity index (χ2n) is 11.5. The van der Waals surface area contributed by atoms with Gasteiger partial charge in [0.25, 0.3) is 5.91 Å². The number of carbonyl (C=O) groups is 2. The van der Waals surface area contributed by atoms with Gasteiger partial charge >= 0.3 is 6.18 Å². The molecule has 2 aliphatic rings. The number of piperidine rings is 1. The molecular formula is C28H34F5N7O3. The minimum absolute atomic E-state index is 0.138. The molecular weight excluding hydrogens is 577 g/mol. The molecule has 4 atom stereocenters. The Balaban J connectivity index is 1.48. The van der Waals surface area contributed by atoms with Gasteiger partial charge in [0.2, 0.25) is 11.8 Å². The lowest BCUT2D eigenvalue weighted by atomic mass is 9.81. The van der Waals surface area contributed by atoms with Crippen LogP contribution in [0.3, 0.4) is 0 Å². The fraction of sp³-hybridized carbons (Fsp3) is 0.607. The first-order valence-corrected chi connectivity index (χ1v) is 14.4. The molecule has 234 valence electrons. The Hall–Kier alpha value is -3.62. The van der Waals surface area contributed by atoms with E-state index in [2.05, 4.69) is 25.8 Å². The van der Waals surface area contributed by atoms with Crippen molar-refractivity contribution in [3.8, 4) is 0 Å². The molecule has 10 nitrogen and oxygen atoms in total. The van der Waals surface area contributed by atoms with Crippen LogP contribution in [0.15, 0.2) is 24.5 Å². The molecule has 0 radical (unpaired) electrons. The van der Waals surface area contributed by atoms with Crippen molar-refractivity contribution in [3.05, 3.63) is 47.2 Å². The van der Waals surface area contributed by atoms with Crippen molar-refractivity contribution in [1.29, 1.82) is 0 Å². The van der Waals surface area contributed by atoms with Gasteiger partial charge in [0.1, 0.15) is 5.69 Å². The lowest BCUT2D eigenvalue weighted by molar-refractivity contribution is -0.183. The van der Waals surface area contributed by atoms with Crippen LogP contribution in [0, 0.1) is 17.8 Å². The van der Waals surface area contributed by atoms with Crippen molar-refractivity contribution >= 4 is 17.5 Å². The third kappa shape index (κ3) is 6.65. The van der Waals surface area contributed by atoms with Crippen molar-refractivity contribution in [2.45, 2.75) is 83.2 Å². The summed E-state index contributed by atoms with van der Waals surface area (Å²) in [5.74, 6) is -6.81. The number of amides is 2. The van der Waals surface area contributed by atoms with E-state index in [9.17, 15) is 36.6 Å². The monoisotopic (exact) mass is 611 g/mol. The van der Waals surface area contributed by atoms with Crippen LogP contribution in [0.25, 0.3) is 5.65 Å². The molecule has 3 N–H and O–H groups in total. The summed E-state index contributed by atoms with van der Waals surface area (Å²) in [5, 5.41) is 24.4. The van der Waals surface area contributed by atoms with E-state index in [4.69, 9.17) is 0 Å². The third-order valence-corrected chi connectivity index (χ3v) is 8.48. The van der Waals surface area contributed by atoms with Crippen molar-refractivity contribution in [2.24, 2.45) is 17.8 Å². The van der Waals surface area contributed by atoms with E-state index < -0.39 is 60.9 Å². The Bertz CT molecular complexity index is 1470. The lowest BCUT2D eigenvalue weighted by Gasteiger charge is -2.33. The predicted molar refractivity (Wildman–Crippen MR) is 143 cm³/mol. The number of aryl methyl sites for hydroxylation is 1. The van der Waals surface area contributed by atoms with Gasteiger partial charge in [0.15, 0.2) is 5.65 Å². The fourth-order valence-electron chi connectivity index (χ4n) is 6.05. The molecule has 2 fully saturated rings. The minimum Gasteiger partial charge on any atom is -0.389 e. The summed E-state index contributed by atoms with van der Waals surface area (Å²) in [6.45, 7) is 3.26. The first-order chi connectivity index (χ1) is 20.3. The first kappa shape index (κ1) is 30.8. The Morgan fingerprint density at radius 2 is 2.00 bits per heavy atom. The predicted octanol–water partition coefficient (Wildman–Crippen LogP) is 4.15. The summed E-state index contributed by atoms with van der Waals surface area (Å²) < 4.78 is 71.1. The number of imidazole rings is 1. The molecule has 3 aromatic rings. The molecule has 0 aromatic carbocycles. The molecule has 15 heteroatoms. The number of carbonyl (C=O) groups excluding carboxylic acids is 2. The summed E-state index contributed by atoms with van der Waals surface area (Å²) in [6, 6.07) is 2.35. The fourth-order valence-corrected chi connectivity index (χ4v) is 6.05. The zero-order valence-electron chi connectivity index (χ0n) is 23.7. The second-order valence-corrected chi connectivity index (χ2v) is 11.5. The topological polar surface area (TPSA) is 126 Å². The van der Waals surface area contributed by atoms with Gasteiger partial charge in [-0.15, -0.1) is 0 Å². The highest BCUT2D eigenvalue weighted by atomic mass is 19.4. The maximum atomic E-state index is 14.0. The molecule has 1 aliphatic heterocycles. The number of halogens is 5. The van der Waals surface area contributed by atoms with Crippen LogP contribution in [0.2, 0.25) is 0 Å². The summed E-state index contributed by atoms with van der Waals surface area (Å²) in [7, 11) is 0. The molecule has 4 heterocycles. The zero-order chi connectivity index (χ0) is 31.1. The van der Waals surface area contributed by atoms with E-state index >= 15 is 0 Å². The molecule has 1 aliphatic carbocycles. The number of fused-ring (bicyclic) bond motifs is 1. The van der Waals surface area contributed by atoms with E-state index in [1.54, 1.807) is 18.3 Å². The second kappa shape index (κ2) is 11.8. The maximum absolute atomic E-state index is 14.0. The van der Waals surface area contributed by atoms with Gasteiger partial charge in [-0.2, -0.15) is 23.4 Å². The smallest absolute Gasteiger partial charge is 0.389 e. The van der Waals surface area contributed by atoms with Crippen LogP contribution in [0.5, 0.6) is 0 Å². The molecule has 0 spiro atoms. The van der Waals surface area contributed by atoms with E-state index in [0.29, 0.717) is 23.5 Å². The van der Waals surface area contributed by atoms with E-state index in [-0.39, 0.29) is 49.4 Å². The molecule has 0 bridgehead atoms. The van der Waals surface area contributed by atoms with Gasteiger partial charge in [-0.25, -0.2) is 18.3 Å². The average Bonchev–Trinajstić information content (AvgIpc) is 3.58. The van der Waals surface area contributed by atoms with Gasteiger partial charge in [-0.1, -0.05) is 0 Å². The van der Waals surface area contributed by atoms with Crippen molar-refractivity contribution in [2.75, 3.05) is 6.54 Å². The van der Waals surface area contributed by atoms with Crippen LogP contribution >= 0.6 is 0 Å². The molecule has 1 saturated heterocycles. The molecule has 3 unspecified atom stereocenters. The minimum atomic E-state index is -4.47. The normalized spacial score (nSPS) is 22.7. The van der Waals surface area contributed by atoms with Gasteiger partial charge < -0.3 is 15.7 Å². The van der Waals surface area contributed by atoms with Gasteiger partial charge in [-0.05, 0) is 51.2 Å². The molecule has 43 heavy (non-hydrogen) atoms. The average molecular weight is 612 g/mol. The number of nitrogens with one attached hydrogen (secondary N) is 2. The number of hydrogen-bond donors (Lipinski definition) is 3. The third-order valence-electron chi connectivity index (χ3n) is 8.48. The van der Waals surface area contributed by atoms with Gasteiger partial charge in [0.05, 0.1) is 35.6 Å². The molecule has 2 amide bonds. The van der Waals surface area contributed by atoms with E-state index in [0.717, 1.165) is 0 Å². The molecule has 5 rings (SSSR count). The summed E-state index contributed by atoms with van der Waals surface area (Å²) in [6.07, 6.45) is -3.41. The Morgan fingerprint density at radius 3 is 2.65 bits per heavy atom. The Kier molecular flexibility index (Phi) is 8.47. The SMILES string of the molecule is CCn1nccc1C(=O)NC(c1cn2nc(CC3C[C@@H](C(F)(F)F)CNC3=O)c(C(C)O)cc2n1)C1CCC(F)(F)CC1.